The molecule has 0 fully saturated rings. The minimum atomic E-state index is 0.0268. The highest BCUT2D eigenvalue weighted by Gasteiger charge is 2.19. The Morgan fingerprint density at radius 2 is 1.46 bits per heavy atom. The van der Waals surface area contributed by atoms with Gasteiger partial charge < -0.3 is 4.74 Å². The van der Waals surface area contributed by atoms with Crippen LogP contribution in [-0.4, -0.2) is 12.6 Å². The second kappa shape index (κ2) is 14.1. The molecule has 24 heavy (non-hydrogen) atoms. The SMILES string of the molecule is CCCCCCC(CCCCCC)C(=O)OCCc1ccccc1. The number of ether oxygens (including phenoxy) is 1. The molecule has 0 aromatic heterocycles. The van der Waals surface area contributed by atoms with E-state index in [1.807, 2.05) is 18.2 Å². The van der Waals surface area contributed by atoms with Gasteiger partial charge in [0.05, 0.1) is 12.5 Å². The average Bonchev–Trinajstić information content (AvgIpc) is 2.61. The molecule has 1 rings (SSSR count). The first-order valence-corrected chi connectivity index (χ1v) is 9.98. The van der Waals surface area contributed by atoms with Gasteiger partial charge in [-0.15, -0.1) is 0 Å². The van der Waals surface area contributed by atoms with E-state index in [1.54, 1.807) is 0 Å². The topological polar surface area (TPSA) is 26.3 Å². The quantitative estimate of drug-likeness (QED) is 0.294. The van der Waals surface area contributed by atoms with Gasteiger partial charge in [0, 0.05) is 6.42 Å². The fraction of sp³-hybridized carbons (Fsp3) is 0.682. The second-order valence-corrected chi connectivity index (χ2v) is 6.80. The molecule has 0 aliphatic heterocycles. The van der Waals surface area contributed by atoms with Gasteiger partial charge in [-0.3, -0.25) is 4.79 Å². The van der Waals surface area contributed by atoms with Crippen molar-refractivity contribution in [2.75, 3.05) is 6.61 Å². The lowest BCUT2D eigenvalue weighted by Gasteiger charge is -2.16. The Bertz CT molecular complexity index is 401. The maximum absolute atomic E-state index is 12.4. The second-order valence-electron chi connectivity index (χ2n) is 6.80. The first-order valence-electron chi connectivity index (χ1n) is 9.98. The van der Waals surface area contributed by atoms with Gasteiger partial charge in [-0.1, -0.05) is 95.5 Å². The van der Waals surface area contributed by atoms with Gasteiger partial charge in [0.25, 0.3) is 0 Å². The highest BCUT2D eigenvalue weighted by atomic mass is 16.5. The summed E-state index contributed by atoms with van der Waals surface area (Å²) in [7, 11) is 0. The van der Waals surface area contributed by atoms with Crippen LogP contribution in [0.15, 0.2) is 30.3 Å². The van der Waals surface area contributed by atoms with Crippen molar-refractivity contribution >= 4 is 5.97 Å². The fourth-order valence-electron chi connectivity index (χ4n) is 3.05. The molecule has 0 amide bonds. The van der Waals surface area contributed by atoms with Gasteiger partial charge in [-0.05, 0) is 18.4 Å². The monoisotopic (exact) mass is 332 g/mol. The first kappa shape index (κ1) is 20.7. The lowest BCUT2D eigenvalue weighted by Crippen LogP contribution is -2.19. The lowest BCUT2D eigenvalue weighted by atomic mass is 9.94. The van der Waals surface area contributed by atoms with Gasteiger partial charge in [0.15, 0.2) is 0 Å². The number of hydrogen-bond acceptors (Lipinski definition) is 2. The van der Waals surface area contributed by atoms with E-state index in [4.69, 9.17) is 4.74 Å². The van der Waals surface area contributed by atoms with Crippen molar-refractivity contribution in [3.63, 3.8) is 0 Å². The molecule has 0 saturated heterocycles. The van der Waals surface area contributed by atoms with Crippen molar-refractivity contribution in [3.8, 4) is 0 Å². The number of unbranched alkanes of at least 4 members (excludes halogenated alkanes) is 6. The third-order valence-electron chi connectivity index (χ3n) is 4.62. The largest absolute Gasteiger partial charge is 0.465 e. The standard InChI is InChI=1S/C22H36O2/c1-3-5-7-12-16-21(17-13-8-6-4-2)22(23)24-19-18-20-14-10-9-11-15-20/h9-11,14-15,21H,3-8,12-13,16-19H2,1-2H3. The Morgan fingerprint density at radius 3 is 2.00 bits per heavy atom. The van der Waals surface area contributed by atoms with E-state index >= 15 is 0 Å². The van der Waals surface area contributed by atoms with Crippen LogP contribution in [0.4, 0.5) is 0 Å². The van der Waals surface area contributed by atoms with Crippen molar-refractivity contribution in [2.24, 2.45) is 5.92 Å². The van der Waals surface area contributed by atoms with Crippen LogP contribution in [-0.2, 0) is 16.0 Å². The molecule has 2 nitrogen and oxygen atoms in total. The van der Waals surface area contributed by atoms with Gasteiger partial charge in [-0.25, -0.2) is 0 Å². The molecule has 0 unspecified atom stereocenters. The molecule has 0 saturated carbocycles. The van der Waals surface area contributed by atoms with Crippen LogP contribution in [0.2, 0.25) is 0 Å². The molecule has 0 aliphatic carbocycles. The Kier molecular flexibility index (Phi) is 12.2. The number of benzene rings is 1. The van der Waals surface area contributed by atoms with E-state index in [2.05, 4.69) is 26.0 Å². The number of esters is 1. The van der Waals surface area contributed by atoms with Crippen LogP contribution in [0.1, 0.15) is 83.6 Å². The molecule has 0 radical (unpaired) electrons. The fourth-order valence-corrected chi connectivity index (χ4v) is 3.05. The third kappa shape index (κ3) is 9.75. The van der Waals surface area contributed by atoms with Crippen molar-refractivity contribution in [2.45, 2.75) is 84.5 Å². The highest BCUT2D eigenvalue weighted by molar-refractivity contribution is 5.72. The molecular formula is C22H36O2. The maximum atomic E-state index is 12.4. The summed E-state index contributed by atoms with van der Waals surface area (Å²) in [4.78, 5) is 12.4. The van der Waals surface area contributed by atoms with Crippen LogP contribution in [0.5, 0.6) is 0 Å². The molecule has 0 atom stereocenters. The first-order chi connectivity index (χ1) is 11.8. The van der Waals surface area contributed by atoms with Crippen LogP contribution < -0.4 is 0 Å². The van der Waals surface area contributed by atoms with Crippen LogP contribution in [0.3, 0.4) is 0 Å². The molecule has 0 N–H and O–H groups in total. The van der Waals surface area contributed by atoms with E-state index < -0.39 is 0 Å². The van der Waals surface area contributed by atoms with Crippen molar-refractivity contribution in [1.82, 2.24) is 0 Å². The summed E-state index contributed by atoms with van der Waals surface area (Å²) in [5, 5.41) is 0. The zero-order valence-corrected chi connectivity index (χ0v) is 15.8. The predicted octanol–water partition coefficient (Wildman–Crippen LogP) is 6.33. The smallest absolute Gasteiger partial charge is 0.308 e. The van der Waals surface area contributed by atoms with E-state index in [0.29, 0.717) is 6.61 Å². The minimum absolute atomic E-state index is 0.0268. The number of hydrogen-bond donors (Lipinski definition) is 0. The molecule has 1 aromatic carbocycles. The predicted molar refractivity (Wildman–Crippen MR) is 102 cm³/mol. The van der Waals surface area contributed by atoms with E-state index in [1.165, 1.54) is 44.1 Å². The maximum Gasteiger partial charge on any atom is 0.308 e. The molecule has 1 aromatic rings. The number of rotatable bonds is 14. The Labute approximate surface area is 149 Å². The summed E-state index contributed by atoms with van der Waals surface area (Å²) in [6, 6.07) is 10.2. The van der Waals surface area contributed by atoms with Gasteiger partial charge in [0.2, 0.25) is 0 Å². The summed E-state index contributed by atoms with van der Waals surface area (Å²) < 4.78 is 5.58. The molecule has 0 spiro atoms. The minimum Gasteiger partial charge on any atom is -0.465 e. The normalized spacial score (nSPS) is 11.0. The van der Waals surface area contributed by atoms with Crippen molar-refractivity contribution in [3.05, 3.63) is 35.9 Å². The summed E-state index contributed by atoms with van der Waals surface area (Å²) in [5.41, 5.74) is 1.23. The summed E-state index contributed by atoms with van der Waals surface area (Å²) in [5.74, 6) is 0.133. The lowest BCUT2D eigenvalue weighted by molar-refractivity contribution is -0.149. The molecule has 0 heterocycles. The van der Waals surface area contributed by atoms with Gasteiger partial charge in [-0.2, -0.15) is 0 Å². The van der Waals surface area contributed by atoms with E-state index in [-0.39, 0.29) is 11.9 Å². The molecular weight excluding hydrogens is 296 g/mol. The molecule has 2 heteroatoms. The van der Waals surface area contributed by atoms with Crippen LogP contribution >= 0.6 is 0 Å². The Hall–Kier alpha value is -1.31. The van der Waals surface area contributed by atoms with Crippen molar-refractivity contribution < 1.29 is 9.53 Å². The molecule has 0 bridgehead atoms. The van der Waals surface area contributed by atoms with Crippen LogP contribution in [0, 0.1) is 5.92 Å². The number of carbonyl (C=O) groups excluding carboxylic acids is 1. The van der Waals surface area contributed by atoms with Gasteiger partial charge in [0.1, 0.15) is 0 Å². The Morgan fingerprint density at radius 1 is 0.875 bits per heavy atom. The summed E-state index contributed by atoms with van der Waals surface area (Å²) >= 11 is 0. The Balaban J connectivity index is 2.33. The van der Waals surface area contributed by atoms with E-state index in [9.17, 15) is 4.79 Å². The highest BCUT2D eigenvalue weighted by Crippen LogP contribution is 2.20. The van der Waals surface area contributed by atoms with Crippen molar-refractivity contribution in [1.29, 1.82) is 0 Å². The molecule has 136 valence electrons. The zero-order chi connectivity index (χ0) is 17.5. The zero-order valence-electron chi connectivity index (χ0n) is 15.8. The van der Waals surface area contributed by atoms with E-state index in [0.717, 1.165) is 32.1 Å². The van der Waals surface area contributed by atoms with Gasteiger partial charge >= 0.3 is 5.97 Å². The summed E-state index contributed by atoms with van der Waals surface area (Å²) in [6.07, 6.45) is 12.6. The average molecular weight is 333 g/mol. The number of carbonyl (C=O) groups is 1. The summed E-state index contributed by atoms with van der Waals surface area (Å²) in [6.45, 7) is 4.95. The molecule has 0 aliphatic rings. The van der Waals surface area contributed by atoms with Crippen LogP contribution in [0.25, 0.3) is 0 Å². The third-order valence-corrected chi connectivity index (χ3v) is 4.62.